The molecule has 1 saturated carbocycles. The Morgan fingerprint density at radius 1 is 1.12 bits per heavy atom. The van der Waals surface area contributed by atoms with Gasteiger partial charge in [-0.3, -0.25) is 0 Å². The summed E-state index contributed by atoms with van der Waals surface area (Å²) >= 11 is 0. The lowest BCUT2D eigenvalue weighted by molar-refractivity contribution is -0.155. The van der Waals surface area contributed by atoms with E-state index in [1.165, 1.54) is 0 Å². The predicted molar refractivity (Wildman–Crippen MR) is 87.3 cm³/mol. The minimum atomic E-state index is -5.88. The van der Waals surface area contributed by atoms with Crippen molar-refractivity contribution >= 4 is 16.1 Å². The summed E-state index contributed by atoms with van der Waals surface area (Å²) < 4.78 is 69.7. The maximum atomic E-state index is 12.6. The van der Waals surface area contributed by atoms with Crippen LogP contribution in [0.4, 0.5) is 13.2 Å². The van der Waals surface area contributed by atoms with Gasteiger partial charge in [0.1, 0.15) is 6.61 Å². The first-order chi connectivity index (χ1) is 12.2. The number of ether oxygens (including phenoxy) is 1. The third-order valence-corrected chi connectivity index (χ3v) is 5.34. The molecule has 0 heterocycles. The van der Waals surface area contributed by atoms with Gasteiger partial charge in [0.2, 0.25) is 0 Å². The van der Waals surface area contributed by atoms with Gasteiger partial charge in [-0.1, -0.05) is 62.4 Å². The van der Waals surface area contributed by atoms with Crippen LogP contribution in [-0.4, -0.2) is 26.0 Å². The van der Waals surface area contributed by atoms with Gasteiger partial charge in [-0.15, -0.1) is 0 Å². The second-order valence-electron chi connectivity index (χ2n) is 6.32. The van der Waals surface area contributed by atoms with Crippen molar-refractivity contribution in [2.75, 3.05) is 0 Å². The zero-order valence-electron chi connectivity index (χ0n) is 14.1. The topological polar surface area (TPSA) is 69.7 Å². The zero-order valence-corrected chi connectivity index (χ0v) is 14.9. The Morgan fingerprint density at radius 3 is 2.31 bits per heavy atom. The van der Waals surface area contributed by atoms with Crippen LogP contribution in [0.15, 0.2) is 30.3 Å². The second-order valence-corrected chi connectivity index (χ2v) is 7.88. The molecule has 0 saturated heterocycles. The lowest BCUT2D eigenvalue weighted by Crippen LogP contribution is -2.36. The third kappa shape index (κ3) is 5.98. The van der Waals surface area contributed by atoms with E-state index >= 15 is 0 Å². The molecule has 0 spiro atoms. The summed E-state index contributed by atoms with van der Waals surface area (Å²) in [6.07, 6.45) is 2.33. The normalized spacial score (nSPS) is 17.7. The monoisotopic (exact) mass is 394 g/mol. The fraction of sp³-hybridized carbons (Fsp3) is 0.588. The van der Waals surface area contributed by atoms with Crippen molar-refractivity contribution in [3.05, 3.63) is 35.9 Å². The summed E-state index contributed by atoms with van der Waals surface area (Å²) in [7, 11) is -5.88. The molecule has 0 bridgehead atoms. The SMILES string of the molecule is O=C(OCc1ccccc1)[C@@H](CC1CCCCC1)OS(=O)(=O)C(F)(F)F. The van der Waals surface area contributed by atoms with Crippen LogP contribution in [0.3, 0.4) is 0 Å². The number of alkyl halides is 3. The van der Waals surface area contributed by atoms with E-state index in [2.05, 4.69) is 4.18 Å². The van der Waals surface area contributed by atoms with Crippen molar-refractivity contribution in [1.29, 1.82) is 0 Å². The van der Waals surface area contributed by atoms with Gasteiger partial charge in [0, 0.05) is 0 Å². The second kappa shape index (κ2) is 8.85. The van der Waals surface area contributed by atoms with E-state index in [4.69, 9.17) is 4.74 Å². The Labute approximate surface area is 150 Å². The van der Waals surface area contributed by atoms with E-state index in [0.717, 1.165) is 32.1 Å². The van der Waals surface area contributed by atoms with Crippen molar-refractivity contribution in [2.24, 2.45) is 5.92 Å². The van der Waals surface area contributed by atoms with Gasteiger partial charge in [-0.2, -0.15) is 21.6 Å². The Balaban J connectivity index is 2.06. The molecule has 5 nitrogen and oxygen atoms in total. The van der Waals surface area contributed by atoms with Crippen LogP contribution >= 0.6 is 0 Å². The first kappa shape index (κ1) is 20.7. The predicted octanol–water partition coefficient (Wildman–Crippen LogP) is 3.94. The molecule has 1 aliphatic rings. The van der Waals surface area contributed by atoms with Crippen molar-refractivity contribution < 1.29 is 35.3 Å². The maximum absolute atomic E-state index is 12.6. The van der Waals surface area contributed by atoms with Gasteiger partial charge in [0.25, 0.3) is 0 Å². The van der Waals surface area contributed by atoms with E-state index in [1.54, 1.807) is 30.3 Å². The van der Waals surface area contributed by atoms with Crippen LogP contribution in [-0.2, 0) is 30.4 Å². The number of esters is 1. The Bertz CT molecular complexity index is 682. The minimum absolute atomic E-state index is 0.0681. The van der Waals surface area contributed by atoms with E-state index in [9.17, 15) is 26.4 Å². The van der Waals surface area contributed by atoms with Gasteiger partial charge in [0.05, 0.1) is 0 Å². The molecule has 0 unspecified atom stereocenters. The molecule has 1 atom stereocenters. The van der Waals surface area contributed by atoms with Gasteiger partial charge in [-0.25, -0.2) is 8.98 Å². The highest BCUT2D eigenvalue weighted by atomic mass is 32.2. The molecule has 1 aliphatic carbocycles. The molecule has 0 amide bonds. The fourth-order valence-corrected chi connectivity index (χ4v) is 3.50. The van der Waals surface area contributed by atoms with E-state index in [-0.39, 0.29) is 18.9 Å². The molecule has 2 rings (SSSR count). The van der Waals surface area contributed by atoms with Crippen LogP contribution in [0.25, 0.3) is 0 Å². The maximum Gasteiger partial charge on any atom is 0.523 e. The highest BCUT2D eigenvalue weighted by Gasteiger charge is 2.50. The third-order valence-electron chi connectivity index (χ3n) is 4.29. The highest BCUT2D eigenvalue weighted by Crippen LogP contribution is 2.31. The Kier molecular flexibility index (Phi) is 7.05. The van der Waals surface area contributed by atoms with Gasteiger partial charge in [-0.05, 0) is 17.9 Å². The average molecular weight is 394 g/mol. The summed E-state index contributed by atoms with van der Waals surface area (Å²) in [5.74, 6) is -1.17. The van der Waals surface area contributed by atoms with Crippen LogP contribution < -0.4 is 0 Å². The summed E-state index contributed by atoms with van der Waals surface area (Å²) in [5.41, 5.74) is -4.95. The molecule has 1 fully saturated rings. The van der Waals surface area contributed by atoms with Gasteiger partial charge >= 0.3 is 21.6 Å². The largest absolute Gasteiger partial charge is 0.523 e. The number of halogens is 3. The standard InChI is InChI=1S/C17H21F3O5S/c18-17(19,20)26(22,23)25-15(11-13-7-3-1-4-8-13)16(21)24-12-14-9-5-2-6-10-14/h2,5-6,9-10,13,15H,1,3-4,7-8,11-12H2/t15-/m1/s1. The van der Waals surface area contributed by atoms with Crippen molar-refractivity contribution in [3.8, 4) is 0 Å². The summed E-state index contributed by atoms with van der Waals surface area (Å²) in [5, 5.41) is 0. The van der Waals surface area contributed by atoms with E-state index in [0.29, 0.717) is 5.56 Å². The van der Waals surface area contributed by atoms with E-state index in [1.807, 2.05) is 0 Å². The summed E-state index contributed by atoms with van der Waals surface area (Å²) in [4.78, 5) is 12.2. The van der Waals surface area contributed by atoms with Crippen LogP contribution in [0.2, 0.25) is 0 Å². The molecule has 9 heteroatoms. The molecule has 146 valence electrons. The Hall–Kier alpha value is -1.61. The van der Waals surface area contributed by atoms with Gasteiger partial charge < -0.3 is 4.74 Å². The molecular weight excluding hydrogens is 373 g/mol. The van der Waals surface area contributed by atoms with Crippen molar-refractivity contribution in [1.82, 2.24) is 0 Å². The lowest BCUT2D eigenvalue weighted by Gasteiger charge is -2.25. The highest BCUT2D eigenvalue weighted by molar-refractivity contribution is 7.87. The minimum Gasteiger partial charge on any atom is -0.459 e. The number of benzene rings is 1. The van der Waals surface area contributed by atoms with Crippen molar-refractivity contribution in [3.63, 3.8) is 0 Å². The smallest absolute Gasteiger partial charge is 0.459 e. The number of rotatable bonds is 7. The van der Waals surface area contributed by atoms with Crippen LogP contribution in [0.5, 0.6) is 0 Å². The Morgan fingerprint density at radius 2 is 1.73 bits per heavy atom. The molecule has 1 aromatic rings. The first-order valence-corrected chi connectivity index (χ1v) is 9.80. The molecular formula is C17H21F3O5S. The summed E-state index contributed by atoms with van der Waals surface area (Å²) in [6.45, 7) is -0.170. The molecule has 1 aromatic carbocycles. The zero-order chi connectivity index (χ0) is 19.2. The lowest BCUT2D eigenvalue weighted by atomic mass is 9.85. The molecule has 0 aromatic heterocycles. The quantitative estimate of drug-likeness (QED) is 0.398. The van der Waals surface area contributed by atoms with Crippen LogP contribution in [0, 0.1) is 5.92 Å². The number of carbonyl (C=O) groups excluding carboxylic acids is 1. The fourth-order valence-electron chi connectivity index (χ4n) is 2.93. The number of carbonyl (C=O) groups is 1. The average Bonchev–Trinajstić information content (AvgIpc) is 2.60. The van der Waals surface area contributed by atoms with Gasteiger partial charge in [0.15, 0.2) is 6.10 Å². The summed E-state index contributed by atoms with van der Waals surface area (Å²) in [6, 6.07) is 8.55. The molecule has 0 aliphatic heterocycles. The number of hydrogen-bond acceptors (Lipinski definition) is 5. The first-order valence-electron chi connectivity index (χ1n) is 8.39. The number of hydrogen-bond donors (Lipinski definition) is 0. The molecule has 0 N–H and O–H groups in total. The van der Waals surface area contributed by atoms with Crippen LogP contribution in [0.1, 0.15) is 44.1 Å². The molecule has 26 heavy (non-hydrogen) atoms. The van der Waals surface area contributed by atoms with E-state index < -0.39 is 27.7 Å². The van der Waals surface area contributed by atoms with Crippen molar-refractivity contribution in [2.45, 2.75) is 56.7 Å². The molecule has 0 radical (unpaired) electrons.